The molecule has 1 atom stereocenters. The summed E-state index contributed by atoms with van der Waals surface area (Å²) in [6, 6.07) is 15.7. The average Bonchev–Trinajstić information content (AvgIpc) is 2.71. The summed E-state index contributed by atoms with van der Waals surface area (Å²) < 4.78 is 19.9. The van der Waals surface area contributed by atoms with E-state index in [-0.39, 0.29) is 30.4 Å². The molecule has 1 heterocycles. The van der Waals surface area contributed by atoms with E-state index in [1.54, 1.807) is 49.4 Å². The molecule has 0 spiro atoms. The zero-order valence-electron chi connectivity index (χ0n) is 15.6. The van der Waals surface area contributed by atoms with Crippen molar-refractivity contribution in [2.45, 2.75) is 19.6 Å². The number of para-hydroxylation sites is 1. The standard InChI is InChI=1S/C21H19ClFN3O3/c1-14(29-19-5-3-2-4-17(19)22)21(28)24-12-13-26-20(27)11-10-18(25-26)15-6-8-16(23)9-7-15/h2-11,14H,12-13H2,1H3,(H,24,28). The minimum atomic E-state index is -0.759. The van der Waals surface area contributed by atoms with Gasteiger partial charge in [0.05, 0.1) is 17.3 Å². The van der Waals surface area contributed by atoms with Gasteiger partial charge in [-0.05, 0) is 49.4 Å². The minimum absolute atomic E-state index is 0.179. The highest BCUT2D eigenvalue weighted by Gasteiger charge is 2.15. The molecule has 0 aliphatic carbocycles. The fourth-order valence-electron chi connectivity index (χ4n) is 2.60. The smallest absolute Gasteiger partial charge is 0.266 e. The summed E-state index contributed by atoms with van der Waals surface area (Å²) in [5.74, 6) is -0.271. The van der Waals surface area contributed by atoms with Crippen LogP contribution in [0, 0.1) is 5.82 Å². The molecular weight excluding hydrogens is 397 g/mol. The Morgan fingerprint density at radius 1 is 1.17 bits per heavy atom. The summed E-state index contributed by atoms with van der Waals surface area (Å²) in [5.41, 5.74) is 0.919. The molecule has 0 radical (unpaired) electrons. The third kappa shape index (κ3) is 5.42. The highest BCUT2D eigenvalue weighted by atomic mass is 35.5. The molecule has 0 aliphatic heterocycles. The van der Waals surface area contributed by atoms with Crippen LogP contribution in [0.3, 0.4) is 0 Å². The number of rotatable bonds is 7. The second kappa shape index (κ2) is 9.34. The molecule has 1 N–H and O–H groups in total. The SMILES string of the molecule is CC(Oc1ccccc1Cl)C(=O)NCCn1nc(-c2ccc(F)cc2)ccc1=O. The predicted molar refractivity (Wildman–Crippen MR) is 108 cm³/mol. The lowest BCUT2D eigenvalue weighted by Gasteiger charge is -2.15. The number of ether oxygens (including phenoxy) is 1. The number of carbonyl (C=O) groups excluding carboxylic acids is 1. The number of aromatic nitrogens is 2. The molecule has 0 saturated heterocycles. The first-order chi connectivity index (χ1) is 13.9. The van der Waals surface area contributed by atoms with E-state index >= 15 is 0 Å². The second-order valence-corrected chi connectivity index (χ2v) is 6.68. The number of halogens is 2. The maximum atomic E-state index is 13.1. The molecule has 0 fully saturated rings. The van der Waals surface area contributed by atoms with Crippen molar-refractivity contribution < 1.29 is 13.9 Å². The average molecular weight is 416 g/mol. The lowest BCUT2D eigenvalue weighted by Crippen LogP contribution is -2.39. The van der Waals surface area contributed by atoms with Gasteiger partial charge < -0.3 is 10.1 Å². The van der Waals surface area contributed by atoms with E-state index in [1.807, 2.05) is 0 Å². The van der Waals surface area contributed by atoms with Gasteiger partial charge in [-0.25, -0.2) is 9.07 Å². The molecule has 29 heavy (non-hydrogen) atoms. The zero-order chi connectivity index (χ0) is 20.8. The van der Waals surface area contributed by atoms with Crippen LogP contribution in [0.5, 0.6) is 5.75 Å². The summed E-state index contributed by atoms with van der Waals surface area (Å²) in [7, 11) is 0. The van der Waals surface area contributed by atoms with Crippen LogP contribution in [-0.2, 0) is 11.3 Å². The van der Waals surface area contributed by atoms with Gasteiger partial charge in [-0.2, -0.15) is 5.10 Å². The number of nitrogens with zero attached hydrogens (tertiary/aromatic N) is 2. The largest absolute Gasteiger partial charge is 0.479 e. The van der Waals surface area contributed by atoms with Gasteiger partial charge in [0.15, 0.2) is 6.10 Å². The molecule has 0 bridgehead atoms. The molecule has 1 amide bonds. The van der Waals surface area contributed by atoms with Crippen LogP contribution in [-0.4, -0.2) is 28.3 Å². The van der Waals surface area contributed by atoms with Crippen LogP contribution in [0.25, 0.3) is 11.3 Å². The fraction of sp³-hybridized carbons (Fsp3) is 0.190. The number of benzene rings is 2. The van der Waals surface area contributed by atoms with Gasteiger partial charge in [-0.15, -0.1) is 0 Å². The van der Waals surface area contributed by atoms with Crippen molar-refractivity contribution in [3.8, 4) is 17.0 Å². The molecular formula is C21H19ClFN3O3. The molecule has 150 valence electrons. The summed E-state index contributed by atoms with van der Waals surface area (Å²) in [4.78, 5) is 24.3. The Balaban J connectivity index is 1.59. The monoisotopic (exact) mass is 415 g/mol. The van der Waals surface area contributed by atoms with Crippen LogP contribution in [0.1, 0.15) is 6.92 Å². The van der Waals surface area contributed by atoms with Crippen molar-refractivity contribution in [2.24, 2.45) is 0 Å². The Labute approximate surface area is 171 Å². The van der Waals surface area contributed by atoms with Crippen LogP contribution < -0.4 is 15.6 Å². The summed E-state index contributed by atoms with van der Waals surface area (Å²) in [6.07, 6.45) is -0.759. The van der Waals surface area contributed by atoms with E-state index in [0.29, 0.717) is 22.0 Å². The van der Waals surface area contributed by atoms with Gasteiger partial charge in [0.1, 0.15) is 11.6 Å². The predicted octanol–water partition coefficient (Wildman–Crippen LogP) is 3.29. The molecule has 8 heteroatoms. The third-order valence-corrected chi connectivity index (χ3v) is 4.45. The van der Waals surface area contributed by atoms with Crippen molar-refractivity contribution in [1.29, 1.82) is 0 Å². The number of hydrogen-bond donors (Lipinski definition) is 1. The highest BCUT2D eigenvalue weighted by Crippen LogP contribution is 2.24. The normalized spacial score (nSPS) is 11.7. The van der Waals surface area contributed by atoms with Gasteiger partial charge in [0.2, 0.25) is 0 Å². The summed E-state index contributed by atoms with van der Waals surface area (Å²) in [6.45, 7) is 1.98. The van der Waals surface area contributed by atoms with Crippen LogP contribution >= 0.6 is 11.6 Å². The number of nitrogens with one attached hydrogen (secondary N) is 1. The Morgan fingerprint density at radius 2 is 1.90 bits per heavy atom. The Kier molecular flexibility index (Phi) is 6.61. The Morgan fingerprint density at radius 3 is 2.62 bits per heavy atom. The van der Waals surface area contributed by atoms with Crippen molar-refractivity contribution in [3.63, 3.8) is 0 Å². The highest BCUT2D eigenvalue weighted by molar-refractivity contribution is 6.32. The molecule has 3 aromatic rings. The first kappa shape index (κ1) is 20.5. The van der Waals surface area contributed by atoms with E-state index in [2.05, 4.69) is 10.4 Å². The topological polar surface area (TPSA) is 73.2 Å². The molecule has 1 aromatic heterocycles. The summed E-state index contributed by atoms with van der Waals surface area (Å²) >= 11 is 6.02. The third-order valence-electron chi connectivity index (χ3n) is 4.14. The van der Waals surface area contributed by atoms with Gasteiger partial charge in [-0.1, -0.05) is 23.7 Å². The fourth-order valence-corrected chi connectivity index (χ4v) is 2.78. The number of amides is 1. The van der Waals surface area contributed by atoms with E-state index in [4.69, 9.17) is 16.3 Å². The Bertz CT molecular complexity index is 1050. The van der Waals surface area contributed by atoms with Crippen molar-refractivity contribution in [3.05, 3.63) is 81.9 Å². The maximum absolute atomic E-state index is 13.1. The maximum Gasteiger partial charge on any atom is 0.266 e. The first-order valence-corrected chi connectivity index (χ1v) is 9.35. The van der Waals surface area contributed by atoms with Gasteiger partial charge in [0, 0.05) is 18.2 Å². The van der Waals surface area contributed by atoms with Crippen molar-refractivity contribution in [2.75, 3.05) is 6.54 Å². The van der Waals surface area contributed by atoms with Crippen molar-refractivity contribution in [1.82, 2.24) is 15.1 Å². The van der Waals surface area contributed by atoms with Gasteiger partial charge in [-0.3, -0.25) is 9.59 Å². The lowest BCUT2D eigenvalue weighted by atomic mass is 10.1. The molecule has 1 unspecified atom stereocenters. The second-order valence-electron chi connectivity index (χ2n) is 6.27. The summed E-state index contributed by atoms with van der Waals surface area (Å²) in [5, 5.41) is 7.40. The Hall–Kier alpha value is -3.19. The zero-order valence-corrected chi connectivity index (χ0v) is 16.4. The van der Waals surface area contributed by atoms with Gasteiger partial charge >= 0.3 is 0 Å². The number of hydrogen-bond acceptors (Lipinski definition) is 4. The minimum Gasteiger partial charge on any atom is -0.479 e. The lowest BCUT2D eigenvalue weighted by molar-refractivity contribution is -0.127. The van der Waals surface area contributed by atoms with Crippen LogP contribution in [0.2, 0.25) is 5.02 Å². The van der Waals surface area contributed by atoms with Gasteiger partial charge in [0.25, 0.3) is 11.5 Å². The molecule has 2 aromatic carbocycles. The molecule has 0 saturated carbocycles. The van der Waals surface area contributed by atoms with E-state index in [1.165, 1.54) is 22.9 Å². The quantitative estimate of drug-likeness (QED) is 0.642. The van der Waals surface area contributed by atoms with E-state index in [0.717, 1.165) is 0 Å². The first-order valence-electron chi connectivity index (χ1n) is 8.97. The molecule has 6 nitrogen and oxygen atoms in total. The molecule has 0 aliphatic rings. The van der Waals surface area contributed by atoms with Crippen LogP contribution in [0.15, 0.2) is 65.5 Å². The van der Waals surface area contributed by atoms with Crippen LogP contribution in [0.4, 0.5) is 4.39 Å². The van der Waals surface area contributed by atoms with E-state index < -0.39 is 6.10 Å². The molecule has 3 rings (SSSR count). The van der Waals surface area contributed by atoms with E-state index in [9.17, 15) is 14.0 Å². The van der Waals surface area contributed by atoms with Crippen molar-refractivity contribution >= 4 is 17.5 Å². The number of carbonyl (C=O) groups is 1.